The number of hydrogen-bond acceptors (Lipinski definition) is 7. The van der Waals surface area contributed by atoms with Crippen LogP contribution in [0.1, 0.15) is 39.5 Å². The molecule has 0 aromatic heterocycles. The summed E-state index contributed by atoms with van der Waals surface area (Å²) in [6.07, 6.45) is 13.3. The fourth-order valence-electron chi connectivity index (χ4n) is 3.82. The predicted octanol–water partition coefficient (Wildman–Crippen LogP) is 5.96. The van der Waals surface area contributed by atoms with Crippen LogP contribution in [0.3, 0.4) is 0 Å². The third-order valence-electron chi connectivity index (χ3n) is 5.83. The molecular formula is C29H34N2O6. The van der Waals surface area contributed by atoms with Gasteiger partial charge in [0.25, 0.3) is 0 Å². The third kappa shape index (κ3) is 8.83. The number of nitrogens with one attached hydrogen (secondary N) is 1. The van der Waals surface area contributed by atoms with Gasteiger partial charge >= 0.3 is 5.97 Å². The molecule has 8 heteroatoms. The average molecular weight is 507 g/mol. The number of nitroso groups, excluding NO2 is 1. The molecule has 2 aliphatic rings. The Labute approximate surface area is 217 Å². The van der Waals surface area contributed by atoms with E-state index >= 15 is 0 Å². The van der Waals surface area contributed by atoms with Crippen LogP contribution in [0.15, 0.2) is 101 Å². The molecule has 1 aliphatic heterocycles. The maximum Gasteiger partial charge on any atom is 0.344 e. The van der Waals surface area contributed by atoms with E-state index in [2.05, 4.69) is 41.4 Å². The normalized spacial score (nSPS) is 17.9. The van der Waals surface area contributed by atoms with Crippen molar-refractivity contribution < 1.29 is 24.1 Å². The van der Waals surface area contributed by atoms with Crippen molar-refractivity contribution in [2.75, 3.05) is 13.2 Å². The highest BCUT2D eigenvalue weighted by Crippen LogP contribution is 2.24. The molecule has 1 heterocycles. The van der Waals surface area contributed by atoms with E-state index in [0.717, 1.165) is 18.4 Å². The molecule has 0 amide bonds. The van der Waals surface area contributed by atoms with Gasteiger partial charge in [-0.2, -0.15) is 0 Å². The van der Waals surface area contributed by atoms with Gasteiger partial charge in [-0.25, -0.2) is 4.79 Å². The van der Waals surface area contributed by atoms with Crippen molar-refractivity contribution in [1.29, 1.82) is 0 Å². The highest BCUT2D eigenvalue weighted by atomic mass is 16.5. The van der Waals surface area contributed by atoms with E-state index in [0.29, 0.717) is 23.9 Å². The van der Waals surface area contributed by atoms with Gasteiger partial charge in [0.1, 0.15) is 30.5 Å². The molecule has 1 aromatic rings. The minimum absolute atomic E-state index is 0.0857. The average Bonchev–Trinajstić information content (AvgIpc) is 2.92. The Morgan fingerprint density at radius 3 is 2.81 bits per heavy atom. The molecule has 0 spiro atoms. The van der Waals surface area contributed by atoms with Crippen molar-refractivity contribution in [3.05, 3.63) is 101 Å². The second-order valence-corrected chi connectivity index (χ2v) is 8.89. The molecule has 0 fully saturated rings. The zero-order valence-electron chi connectivity index (χ0n) is 21.3. The Morgan fingerprint density at radius 2 is 2.08 bits per heavy atom. The Balaban J connectivity index is 1.49. The van der Waals surface area contributed by atoms with Crippen molar-refractivity contribution in [3.8, 4) is 11.5 Å². The zero-order chi connectivity index (χ0) is 26.6. The fraction of sp³-hybridized carbons (Fsp3) is 0.345. The van der Waals surface area contributed by atoms with Gasteiger partial charge in [0.15, 0.2) is 6.10 Å². The Bertz CT molecular complexity index is 1140. The van der Waals surface area contributed by atoms with Crippen LogP contribution < -0.4 is 14.8 Å². The molecule has 196 valence electrons. The number of ether oxygens (including phenoxy) is 3. The first-order chi connectivity index (χ1) is 17.9. The number of benzene rings is 1. The minimum Gasteiger partial charge on any atom is -0.491 e. The predicted molar refractivity (Wildman–Crippen MR) is 143 cm³/mol. The maximum absolute atomic E-state index is 11.5. The van der Waals surface area contributed by atoms with Crippen LogP contribution in [0, 0.1) is 4.91 Å². The lowest BCUT2D eigenvalue weighted by molar-refractivity contribution is -0.147. The van der Waals surface area contributed by atoms with Gasteiger partial charge in [-0.05, 0) is 79.8 Å². The highest BCUT2D eigenvalue weighted by molar-refractivity contribution is 5.72. The molecule has 0 saturated carbocycles. The molecule has 1 aromatic carbocycles. The second kappa shape index (κ2) is 13.9. The standard InChI is InChI=1S/C29H34N2O6/c1-4-24(37-28(29(32)33)15-12-21(3)31-34)16-20(2)18-35-25-9-7-10-26(17-25)36-19-23-14-13-22-8-5-6-11-27(22)30-23/h4,6-7,9-11,13-14,16-17,23,28,30H,3,5,8,12,15,18-19H2,1-2H3,(H,32,33)/b20-16+,24-4+/t23-,28?/m1/s1. The number of dihydropyridines is 1. The van der Waals surface area contributed by atoms with Crippen molar-refractivity contribution in [1.82, 2.24) is 5.32 Å². The molecule has 37 heavy (non-hydrogen) atoms. The minimum atomic E-state index is -1.12. The fourth-order valence-corrected chi connectivity index (χ4v) is 3.82. The lowest BCUT2D eigenvalue weighted by Gasteiger charge is -2.25. The number of allylic oxidation sites excluding steroid dienone is 7. The smallest absolute Gasteiger partial charge is 0.344 e. The van der Waals surface area contributed by atoms with Gasteiger partial charge < -0.3 is 24.6 Å². The van der Waals surface area contributed by atoms with E-state index in [1.807, 2.05) is 31.2 Å². The van der Waals surface area contributed by atoms with Gasteiger partial charge in [-0.3, -0.25) is 0 Å². The van der Waals surface area contributed by atoms with Gasteiger partial charge in [0.2, 0.25) is 0 Å². The largest absolute Gasteiger partial charge is 0.491 e. The molecule has 0 saturated heterocycles. The van der Waals surface area contributed by atoms with E-state index in [-0.39, 0.29) is 31.2 Å². The summed E-state index contributed by atoms with van der Waals surface area (Å²) >= 11 is 0. The summed E-state index contributed by atoms with van der Waals surface area (Å²) < 4.78 is 17.5. The van der Waals surface area contributed by atoms with Crippen LogP contribution >= 0.6 is 0 Å². The Hall–Kier alpha value is -4.07. The summed E-state index contributed by atoms with van der Waals surface area (Å²) in [5, 5.41) is 15.7. The van der Waals surface area contributed by atoms with Gasteiger partial charge in [-0.1, -0.05) is 30.9 Å². The topological polar surface area (TPSA) is 106 Å². The van der Waals surface area contributed by atoms with E-state index in [1.54, 1.807) is 19.1 Å². The second-order valence-electron chi connectivity index (χ2n) is 8.89. The monoisotopic (exact) mass is 506 g/mol. The summed E-state index contributed by atoms with van der Waals surface area (Å²) in [5.41, 5.74) is 3.43. The molecular weight excluding hydrogens is 472 g/mol. The summed E-state index contributed by atoms with van der Waals surface area (Å²) in [6, 6.07) is 7.55. The number of carboxylic acids is 1. The SMILES string of the molecule is C=C(CCC(OC(/C=C(\C)COc1cccc(OC[C@H]2C=CC3=C(C=CCC3)N2)c1)=C/C)C(=O)O)N=O. The van der Waals surface area contributed by atoms with Crippen LogP contribution in [0.4, 0.5) is 0 Å². The summed E-state index contributed by atoms with van der Waals surface area (Å²) in [4.78, 5) is 22.0. The van der Waals surface area contributed by atoms with Gasteiger partial charge in [0, 0.05) is 18.2 Å². The first-order valence-electron chi connectivity index (χ1n) is 12.3. The third-order valence-corrected chi connectivity index (χ3v) is 5.83. The Morgan fingerprint density at radius 1 is 1.30 bits per heavy atom. The number of carboxylic acid groups (broad SMARTS) is 1. The molecule has 8 nitrogen and oxygen atoms in total. The van der Waals surface area contributed by atoms with E-state index < -0.39 is 12.1 Å². The maximum atomic E-state index is 11.5. The lowest BCUT2D eigenvalue weighted by atomic mass is 9.97. The number of rotatable bonds is 14. The van der Waals surface area contributed by atoms with Gasteiger partial charge in [0.05, 0.1) is 11.7 Å². The number of aliphatic carboxylic acids is 1. The van der Waals surface area contributed by atoms with Crippen molar-refractivity contribution in [3.63, 3.8) is 0 Å². The van der Waals surface area contributed by atoms with Crippen LogP contribution in [0.2, 0.25) is 0 Å². The first-order valence-corrected chi connectivity index (χ1v) is 12.3. The number of nitrogens with zero attached hydrogens (tertiary/aromatic N) is 1. The van der Waals surface area contributed by atoms with Gasteiger partial charge in [-0.15, -0.1) is 4.91 Å². The highest BCUT2D eigenvalue weighted by Gasteiger charge is 2.20. The molecule has 2 N–H and O–H groups in total. The summed E-state index contributed by atoms with van der Waals surface area (Å²) in [5.74, 6) is 0.642. The van der Waals surface area contributed by atoms with Crippen molar-refractivity contribution in [2.24, 2.45) is 5.18 Å². The quantitative estimate of drug-likeness (QED) is 0.182. The molecule has 0 radical (unpaired) electrons. The molecule has 3 rings (SSSR count). The van der Waals surface area contributed by atoms with Crippen LogP contribution in [-0.4, -0.2) is 36.4 Å². The number of hydrogen-bond donors (Lipinski definition) is 2. The van der Waals surface area contributed by atoms with Crippen molar-refractivity contribution >= 4 is 5.97 Å². The first kappa shape index (κ1) is 27.5. The Kier molecular flexibility index (Phi) is 10.3. The zero-order valence-corrected chi connectivity index (χ0v) is 21.3. The molecule has 1 aliphatic carbocycles. The van der Waals surface area contributed by atoms with Crippen molar-refractivity contribution in [2.45, 2.75) is 51.7 Å². The van der Waals surface area contributed by atoms with E-state index in [9.17, 15) is 14.8 Å². The summed E-state index contributed by atoms with van der Waals surface area (Å²) in [6.45, 7) is 7.87. The molecule has 0 bridgehead atoms. The van der Waals surface area contributed by atoms with Crippen LogP contribution in [0.25, 0.3) is 0 Å². The van der Waals surface area contributed by atoms with E-state index in [4.69, 9.17) is 14.2 Å². The van der Waals surface area contributed by atoms with Crippen LogP contribution in [0.5, 0.6) is 11.5 Å². The molecule has 2 atom stereocenters. The molecule has 1 unspecified atom stereocenters. The lowest BCUT2D eigenvalue weighted by Crippen LogP contribution is -2.35. The number of carbonyl (C=O) groups is 1. The summed E-state index contributed by atoms with van der Waals surface area (Å²) in [7, 11) is 0. The van der Waals surface area contributed by atoms with Crippen LogP contribution in [-0.2, 0) is 9.53 Å². The van der Waals surface area contributed by atoms with E-state index in [1.165, 1.54) is 11.3 Å².